The van der Waals surface area contributed by atoms with Gasteiger partial charge in [0.1, 0.15) is 23.7 Å². The first-order valence-corrected chi connectivity index (χ1v) is 7.17. The number of aryl methyl sites for hydroxylation is 1. The maximum atomic E-state index is 12.1. The molecule has 0 spiro atoms. The molecular weight excluding hydrogens is 332 g/mol. The Morgan fingerprint density at radius 3 is 2.67 bits per heavy atom. The fourth-order valence-corrected chi connectivity index (χ4v) is 2.04. The van der Waals surface area contributed by atoms with Crippen molar-refractivity contribution in [3.63, 3.8) is 0 Å². The number of amides is 1. The molecular formula is C16H13BrN2O2. The average molecular weight is 345 g/mol. The lowest BCUT2D eigenvalue weighted by Gasteiger charge is -2.04. The Balaban J connectivity index is 2.13. The molecule has 0 radical (unpaired) electrons. The fraction of sp³-hybridized carbons (Fsp3) is 0.125. The third-order valence-corrected chi connectivity index (χ3v) is 3.28. The first-order chi connectivity index (χ1) is 10.1. The molecule has 2 aromatic rings. The summed E-state index contributed by atoms with van der Waals surface area (Å²) in [7, 11) is 0. The van der Waals surface area contributed by atoms with Gasteiger partial charge in [0.15, 0.2) is 0 Å². The van der Waals surface area contributed by atoms with Crippen LogP contribution in [0.1, 0.15) is 18.2 Å². The lowest BCUT2D eigenvalue weighted by atomic mass is 10.1. The highest BCUT2D eigenvalue weighted by Crippen LogP contribution is 2.17. The van der Waals surface area contributed by atoms with E-state index in [2.05, 4.69) is 28.2 Å². The summed E-state index contributed by atoms with van der Waals surface area (Å²) in [5.41, 5.74) is 1.82. The van der Waals surface area contributed by atoms with Crippen LogP contribution in [0, 0.1) is 11.3 Å². The predicted molar refractivity (Wildman–Crippen MR) is 84.4 cm³/mol. The molecule has 1 aromatic heterocycles. The topological polar surface area (TPSA) is 66.0 Å². The van der Waals surface area contributed by atoms with E-state index in [0.29, 0.717) is 11.4 Å². The van der Waals surface area contributed by atoms with Crippen LogP contribution in [0.15, 0.2) is 51.1 Å². The Hall–Kier alpha value is -2.32. The summed E-state index contributed by atoms with van der Waals surface area (Å²) < 4.78 is 5.92. The number of carbonyl (C=O) groups excluding carboxylic acids is 1. The minimum absolute atomic E-state index is 0.0172. The van der Waals surface area contributed by atoms with Gasteiger partial charge < -0.3 is 9.73 Å². The first kappa shape index (κ1) is 15.1. The molecule has 2 rings (SSSR count). The molecule has 0 saturated carbocycles. The molecule has 1 aromatic carbocycles. The lowest BCUT2D eigenvalue weighted by Crippen LogP contribution is -2.13. The van der Waals surface area contributed by atoms with Gasteiger partial charge in [0, 0.05) is 11.8 Å². The third-order valence-electron chi connectivity index (χ3n) is 2.86. The zero-order valence-corrected chi connectivity index (χ0v) is 13.0. The van der Waals surface area contributed by atoms with Crippen molar-refractivity contribution in [3.05, 3.63) is 58.0 Å². The monoisotopic (exact) mass is 344 g/mol. The van der Waals surface area contributed by atoms with Gasteiger partial charge in [-0.15, -0.1) is 0 Å². The molecule has 0 aliphatic carbocycles. The smallest absolute Gasteiger partial charge is 0.266 e. The molecule has 106 valence electrons. The van der Waals surface area contributed by atoms with E-state index in [9.17, 15) is 4.79 Å². The van der Waals surface area contributed by atoms with Crippen LogP contribution in [0.3, 0.4) is 0 Å². The summed E-state index contributed by atoms with van der Waals surface area (Å²) in [6.07, 6.45) is 3.83. The highest BCUT2D eigenvalue weighted by Gasteiger charge is 2.10. The summed E-state index contributed by atoms with van der Waals surface area (Å²) in [5, 5.41) is 11.8. The van der Waals surface area contributed by atoms with Crippen LogP contribution in [0.5, 0.6) is 0 Å². The molecule has 5 heteroatoms. The number of nitrogens with zero attached hydrogens (tertiary/aromatic N) is 1. The van der Waals surface area contributed by atoms with E-state index >= 15 is 0 Å². The van der Waals surface area contributed by atoms with Gasteiger partial charge in [-0.3, -0.25) is 4.79 Å². The molecule has 1 N–H and O–H groups in total. The number of carbonyl (C=O) groups is 1. The van der Waals surface area contributed by atoms with Gasteiger partial charge >= 0.3 is 0 Å². The molecule has 0 aliphatic rings. The summed E-state index contributed by atoms with van der Waals surface area (Å²) in [5.74, 6) is -0.0239. The first-order valence-electron chi connectivity index (χ1n) is 6.38. The van der Waals surface area contributed by atoms with Crippen LogP contribution in [-0.4, -0.2) is 5.91 Å². The molecule has 0 fully saturated rings. The van der Waals surface area contributed by atoms with Crippen LogP contribution in [-0.2, 0) is 11.2 Å². The van der Waals surface area contributed by atoms with E-state index in [1.54, 1.807) is 6.07 Å². The van der Waals surface area contributed by atoms with Gasteiger partial charge in [-0.1, -0.05) is 19.1 Å². The molecule has 1 amide bonds. The van der Waals surface area contributed by atoms with Crippen molar-refractivity contribution in [2.75, 3.05) is 5.32 Å². The number of nitriles is 1. The number of rotatable bonds is 4. The van der Waals surface area contributed by atoms with E-state index in [0.717, 1.165) is 10.9 Å². The van der Waals surface area contributed by atoms with Gasteiger partial charge in [-0.25, -0.2) is 0 Å². The zero-order valence-electron chi connectivity index (χ0n) is 11.4. The second-order valence-electron chi connectivity index (χ2n) is 4.34. The van der Waals surface area contributed by atoms with E-state index in [4.69, 9.17) is 9.68 Å². The second kappa shape index (κ2) is 6.91. The summed E-state index contributed by atoms with van der Waals surface area (Å²) in [6.45, 7) is 2.06. The van der Waals surface area contributed by atoms with Gasteiger partial charge in [0.25, 0.3) is 5.91 Å². The standard InChI is InChI=1S/C16H13BrN2O2/c1-2-11-3-5-14(6-4-11)19-16(20)12(9-18)7-15-8-13(17)10-21-15/h3-8,10H,2H2,1H3,(H,19,20). The largest absolute Gasteiger partial charge is 0.464 e. The molecule has 1 heterocycles. The number of benzene rings is 1. The quantitative estimate of drug-likeness (QED) is 0.669. The van der Waals surface area contributed by atoms with Crippen molar-refractivity contribution in [2.45, 2.75) is 13.3 Å². The molecule has 21 heavy (non-hydrogen) atoms. The Kier molecular flexibility index (Phi) is 4.96. The fourth-order valence-electron chi connectivity index (χ4n) is 1.72. The van der Waals surface area contributed by atoms with Crippen molar-refractivity contribution in [1.29, 1.82) is 5.26 Å². The maximum absolute atomic E-state index is 12.1. The normalized spacial score (nSPS) is 11.0. The number of hydrogen-bond donors (Lipinski definition) is 1. The molecule has 0 unspecified atom stereocenters. The van der Waals surface area contributed by atoms with Crippen LogP contribution < -0.4 is 5.32 Å². The highest BCUT2D eigenvalue weighted by molar-refractivity contribution is 9.10. The molecule has 0 aliphatic heterocycles. The van der Waals surface area contributed by atoms with Crippen molar-refractivity contribution in [3.8, 4) is 6.07 Å². The summed E-state index contributed by atoms with van der Waals surface area (Å²) >= 11 is 3.24. The predicted octanol–water partition coefficient (Wildman–Crippen LogP) is 4.15. The molecule has 0 atom stereocenters. The third kappa shape index (κ3) is 4.07. The van der Waals surface area contributed by atoms with Crippen molar-refractivity contribution in [1.82, 2.24) is 0 Å². The Morgan fingerprint density at radius 2 is 2.14 bits per heavy atom. The van der Waals surface area contributed by atoms with E-state index < -0.39 is 5.91 Å². The Bertz CT molecular complexity index is 709. The molecule has 0 bridgehead atoms. The minimum atomic E-state index is -0.464. The number of anilines is 1. The maximum Gasteiger partial charge on any atom is 0.266 e. The molecule has 0 saturated heterocycles. The van der Waals surface area contributed by atoms with Crippen LogP contribution in [0.2, 0.25) is 0 Å². The zero-order chi connectivity index (χ0) is 15.2. The van der Waals surface area contributed by atoms with Crippen molar-refractivity contribution >= 4 is 33.6 Å². The van der Waals surface area contributed by atoms with Crippen molar-refractivity contribution in [2.24, 2.45) is 0 Å². The highest BCUT2D eigenvalue weighted by atomic mass is 79.9. The van der Waals surface area contributed by atoms with Gasteiger partial charge in [0.2, 0.25) is 0 Å². The van der Waals surface area contributed by atoms with Gasteiger partial charge in [-0.2, -0.15) is 5.26 Å². The number of hydrogen-bond acceptors (Lipinski definition) is 3. The van der Waals surface area contributed by atoms with Gasteiger partial charge in [-0.05, 0) is 46.1 Å². The van der Waals surface area contributed by atoms with E-state index in [1.165, 1.54) is 17.9 Å². The van der Waals surface area contributed by atoms with E-state index in [1.807, 2.05) is 30.3 Å². The SMILES string of the molecule is CCc1ccc(NC(=O)C(C#N)=Cc2cc(Br)co2)cc1. The van der Waals surface area contributed by atoms with Gasteiger partial charge in [0.05, 0.1) is 4.47 Å². The van der Waals surface area contributed by atoms with Crippen molar-refractivity contribution < 1.29 is 9.21 Å². The van der Waals surface area contributed by atoms with Crippen LogP contribution >= 0.6 is 15.9 Å². The molecule has 4 nitrogen and oxygen atoms in total. The Labute approximate surface area is 131 Å². The average Bonchev–Trinajstić information content (AvgIpc) is 2.90. The number of nitrogens with one attached hydrogen (secondary N) is 1. The lowest BCUT2D eigenvalue weighted by molar-refractivity contribution is -0.112. The second-order valence-corrected chi connectivity index (χ2v) is 5.26. The van der Waals surface area contributed by atoms with Crippen LogP contribution in [0.4, 0.5) is 5.69 Å². The van der Waals surface area contributed by atoms with Crippen LogP contribution in [0.25, 0.3) is 6.08 Å². The summed E-state index contributed by atoms with van der Waals surface area (Å²) in [4.78, 5) is 12.1. The number of halogens is 1. The Morgan fingerprint density at radius 1 is 1.43 bits per heavy atom. The number of furan rings is 1. The summed E-state index contributed by atoms with van der Waals surface area (Å²) in [6, 6.07) is 11.1. The van der Waals surface area contributed by atoms with E-state index in [-0.39, 0.29) is 5.57 Å². The minimum Gasteiger partial charge on any atom is -0.464 e.